The summed E-state index contributed by atoms with van der Waals surface area (Å²) in [4.78, 5) is 29.8. The molecule has 6 rings (SSSR count). The second-order valence-corrected chi connectivity index (χ2v) is 10.1. The van der Waals surface area contributed by atoms with Crippen molar-refractivity contribution in [3.63, 3.8) is 0 Å². The van der Waals surface area contributed by atoms with E-state index >= 15 is 0 Å². The van der Waals surface area contributed by atoms with E-state index in [1.807, 2.05) is 30.3 Å². The Bertz CT molecular complexity index is 1540. The summed E-state index contributed by atoms with van der Waals surface area (Å²) in [6.45, 7) is 0.311. The van der Waals surface area contributed by atoms with Crippen LogP contribution < -0.4 is 11.3 Å². The van der Waals surface area contributed by atoms with Crippen LogP contribution >= 0.6 is 23.1 Å². The highest BCUT2D eigenvalue weighted by Gasteiger charge is 2.20. The number of nitrogens with zero attached hydrogens (tertiary/aromatic N) is 4. The average molecular weight is 476 g/mol. The van der Waals surface area contributed by atoms with Crippen molar-refractivity contribution in [2.75, 3.05) is 5.73 Å². The number of rotatable bonds is 5. The summed E-state index contributed by atoms with van der Waals surface area (Å²) < 4.78 is 7.14. The molecule has 2 N–H and O–H groups in total. The van der Waals surface area contributed by atoms with Gasteiger partial charge in [-0.1, -0.05) is 23.9 Å². The van der Waals surface area contributed by atoms with Crippen molar-refractivity contribution in [1.29, 1.82) is 0 Å². The van der Waals surface area contributed by atoms with Crippen molar-refractivity contribution in [1.82, 2.24) is 19.5 Å². The Morgan fingerprint density at radius 2 is 1.97 bits per heavy atom. The molecule has 0 spiro atoms. The Kier molecular flexibility index (Phi) is 5.15. The predicted octanol–water partition coefficient (Wildman–Crippen LogP) is 4.80. The number of hydrogen-bond acceptors (Lipinski definition) is 8. The predicted molar refractivity (Wildman–Crippen MR) is 132 cm³/mol. The number of benzene rings is 1. The summed E-state index contributed by atoms with van der Waals surface area (Å²) in [5.41, 5.74) is 8.28. The fraction of sp³-hybridized carbons (Fsp3) is 0.250. The molecular weight excluding hydrogens is 454 g/mol. The standard InChI is InChI=1S/C24H21N5O2S2/c25-21-20-16-8-2-4-10-18(16)33-22(20)28-19(27-21)13-32-24-26-17-9-3-1-7-15(17)23(30)29(24)12-14-6-5-11-31-14/h1,3,5-7,9,11H,2,4,8,10,12-13H2,(H2,25,27,28). The third kappa shape index (κ3) is 3.71. The summed E-state index contributed by atoms with van der Waals surface area (Å²) in [5, 5.41) is 2.21. The van der Waals surface area contributed by atoms with Crippen LogP contribution in [0.5, 0.6) is 0 Å². The molecule has 0 saturated heterocycles. The molecule has 33 heavy (non-hydrogen) atoms. The van der Waals surface area contributed by atoms with E-state index in [1.54, 1.807) is 28.2 Å². The minimum atomic E-state index is -0.0960. The van der Waals surface area contributed by atoms with Gasteiger partial charge in [-0.2, -0.15) is 0 Å². The first-order chi connectivity index (χ1) is 16.2. The van der Waals surface area contributed by atoms with E-state index in [0.29, 0.717) is 45.8 Å². The lowest BCUT2D eigenvalue weighted by molar-refractivity contribution is 0.476. The van der Waals surface area contributed by atoms with E-state index in [2.05, 4.69) is 4.98 Å². The maximum Gasteiger partial charge on any atom is 0.262 e. The van der Waals surface area contributed by atoms with E-state index in [-0.39, 0.29) is 5.56 Å². The van der Waals surface area contributed by atoms with Gasteiger partial charge in [-0.05, 0) is 55.5 Å². The van der Waals surface area contributed by atoms with Crippen molar-refractivity contribution in [3.8, 4) is 0 Å². The molecule has 0 atom stereocenters. The summed E-state index contributed by atoms with van der Waals surface area (Å²) in [6, 6.07) is 11.1. The number of para-hydroxylation sites is 1. The number of fused-ring (bicyclic) bond motifs is 4. The molecule has 0 bridgehead atoms. The first kappa shape index (κ1) is 20.4. The normalized spacial score (nSPS) is 13.6. The summed E-state index contributed by atoms with van der Waals surface area (Å²) in [6.07, 6.45) is 6.17. The van der Waals surface area contributed by atoms with Crippen LogP contribution in [0.4, 0.5) is 5.82 Å². The van der Waals surface area contributed by atoms with E-state index in [1.165, 1.54) is 35.0 Å². The van der Waals surface area contributed by atoms with E-state index in [9.17, 15) is 4.79 Å². The molecule has 0 unspecified atom stereocenters. The van der Waals surface area contributed by atoms with Crippen LogP contribution in [0, 0.1) is 0 Å². The number of nitrogen functional groups attached to an aromatic ring is 1. The Morgan fingerprint density at radius 3 is 2.85 bits per heavy atom. The Morgan fingerprint density at radius 1 is 1.09 bits per heavy atom. The van der Waals surface area contributed by atoms with Gasteiger partial charge in [-0.3, -0.25) is 9.36 Å². The average Bonchev–Trinajstić information content (AvgIpc) is 3.47. The molecule has 0 fully saturated rings. The Hall–Kier alpha value is -3.17. The molecule has 1 aliphatic rings. The molecule has 0 radical (unpaired) electrons. The Balaban J connectivity index is 1.37. The fourth-order valence-electron chi connectivity index (χ4n) is 4.38. The van der Waals surface area contributed by atoms with Gasteiger partial charge in [0.2, 0.25) is 0 Å². The summed E-state index contributed by atoms with van der Waals surface area (Å²) in [5.74, 6) is 2.36. The number of furan rings is 1. The quantitative estimate of drug-likeness (QED) is 0.288. The lowest BCUT2D eigenvalue weighted by Crippen LogP contribution is -2.23. The molecule has 1 aromatic carbocycles. The van der Waals surface area contributed by atoms with Gasteiger partial charge in [0.25, 0.3) is 5.56 Å². The van der Waals surface area contributed by atoms with Gasteiger partial charge in [0, 0.05) is 4.88 Å². The van der Waals surface area contributed by atoms with Crippen molar-refractivity contribution >= 4 is 50.0 Å². The zero-order valence-corrected chi connectivity index (χ0v) is 19.4. The van der Waals surface area contributed by atoms with Crippen LogP contribution in [0.15, 0.2) is 57.0 Å². The number of thioether (sulfide) groups is 1. The molecule has 4 heterocycles. The van der Waals surface area contributed by atoms with Gasteiger partial charge in [-0.15, -0.1) is 11.3 Å². The Labute approximate surface area is 197 Å². The first-order valence-corrected chi connectivity index (χ1v) is 12.7. The zero-order valence-electron chi connectivity index (χ0n) is 17.8. The van der Waals surface area contributed by atoms with Gasteiger partial charge in [-0.25, -0.2) is 15.0 Å². The highest BCUT2D eigenvalue weighted by molar-refractivity contribution is 7.98. The first-order valence-electron chi connectivity index (χ1n) is 10.9. The van der Waals surface area contributed by atoms with Crippen LogP contribution in [-0.2, 0) is 25.1 Å². The van der Waals surface area contributed by atoms with Crippen molar-refractivity contribution in [2.24, 2.45) is 0 Å². The van der Waals surface area contributed by atoms with E-state index in [4.69, 9.17) is 20.1 Å². The number of hydrogen-bond donors (Lipinski definition) is 1. The number of nitrogens with two attached hydrogens (primary N) is 1. The highest BCUT2D eigenvalue weighted by atomic mass is 32.2. The zero-order chi connectivity index (χ0) is 22.4. The third-order valence-corrected chi connectivity index (χ3v) is 8.10. The maximum absolute atomic E-state index is 13.2. The topological polar surface area (TPSA) is 99.8 Å². The van der Waals surface area contributed by atoms with Gasteiger partial charge in [0.05, 0.1) is 34.8 Å². The third-order valence-electron chi connectivity index (χ3n) is 5.94. The summed E-state index contributed by atoms with van der Waals surface area (Å²) in [7, 11) is 0. The smallest absolute Gasteiger partial charge is 0.262 e. The van der Waals surface area contributed by atoms with Crippen molar-refractivity contribution < 1.29 is 4.42 Å². The van der Waals surface area contributed by atoms with Crippen molar-refractivity contribution in [3.05, 3.63) is 75.0 Å². The van der Waals surface area contributed by atoms with Crippen molar-refractivity contribution in [2.45, 2.75) is 43.1 Å². The van der Waals surface area contributed by atoms with Crippen LogP contribution in [0.2, 0.25) is 0 Å². The van der Waals surface area contributed by atoms with E-state index in [0.717, 1.165) is 23.1 Å². The summed E-state index contributed by atoms with van der Waals surface area (Å²) >= 11 is 3.17. The van der Waals surface area contributed by atoms with Gasteiger partial charge in [0.1, 0.15) is 22.2 Å². The maximum atomic E-state index is 13.2. The van der Waals surface area contributed by atoms with E-state index < -0.39 is 0 Å². The van der Waals surface area contributed by atoms with Crippen LogP contribution in [0.1, 0.15) is 34.9 Å². The molecule has 166 valence electrons. The second-order valence-electron chi connectivity index (χ2n) is 8.09. The molecular formula is C24H21N5O2S2. The lowest BCUT2D eigenvalue weighted by Gasteiger charge is -2.12. The molecule has 4 aromatic heterocycles. The molecule has 9 heteroatoms. The molecule has 0 saturated carbocycles. The minimum Gasteiger partial charge on any atom is -0.467 e. The molecule has 7 nitrogen and oxygen atoms in total. The molecule has 5 aromatic rings. The molecule has 0 aliphatic heterocycles. The van der Waals surface area contributed by atoms with Gasteiger partial charge >= 0.3 is 0 Å². The molecule has 1 aliphatic carbocycles. The van der Waals surface area contributed by atoms with Gasteiger partial charge < -0.3 is 10.2 Å². The minimum absolute atomic E-state index is 0.0960. The lowest BCUT2D eigenvalue weighted by atomic mass is 9.97. The highest BCUT2D eigenvalue weighted by Crippen LogP contribution is 2.38. The number of thiophene rings is 1. The monoisotopic (exact) mass is 475 g/mol. The second kappa shape index (κ2) is 8.31. The number of aromatic nitrogens is 4. The van der Waals surface area contributed by atoms with Crippen LogP contribution in [0.3, 0.4) is 0 Å². The molecule has 0 amide bonds. The van der Waals surface area contributed by atoms with Crippen LogP contribution in [0.25, 0.3) is 21.1 Å². The fourth-order valence-corrected chi connectivity index (χ4v) is 6.52. The number of anilines is 1. The largest absolute Gasteiger partial charge is 0.467 e. The number of aryl methyl sites for hydroxylation is 2. The SMILES string of the molecule is Nc1nc(CSc2nc3ccccc3c(=O)n2Cc2ccco2)nc2sc3c(c12)CCCC3. The van der Waals surface area contributed by atoms with Crippen LogP contribution in [-0.4, -0.2) is 19.5 Å². The van der Waals surface area contributed by atoms with Gasteiger partial charge in [0.15, 0.2) is 5.16 Å².